The molecule has 1 heterocycles. The summed E-state index contributed by atoms with van der Waals surface area (Å²) in [5, 5.41) is 0. The number of amides is 3. The number of hydrogen-bond acceptors (Lipinski definition) is 9. The topological polar surface area (TPSA) is 163 Å². The van der Waals surface area contributed by atoms with E-state index < -0.39 is 64.9 Å². The molecular weight excluding hydrogens is 1050 g/mol. The van der Waals surface area contributed by atoms with Gasteiger partial charge in [0.05, 0.1) is 43.8 Å². The van der Waals surface area contributed by atoms with E-state index in [2.05, 4.69) is 34.6 Å². The fourth-order valence-corrected chi connectivity index (χ4v) is 16.3. The summed E-state index contributed by atoms with van der Waals surface area (Å²) < 4.78 is 72.7. The van der Waals surface area contributed by atoms with Crippen LogP contribution < -0.4 is 5.73 Å². The van der Waals surface area contributed by atoms with E-state index in [1.807, 2.05) is 0 Å². The van der Waals surface area contributed by atoms with Crippen molar-refractivity contribution in [1.29, 1.82) is 0 Å². The first kappa shape index (κ1) is 64.9. The number of nitrogens with two attached hydrogens (primary N) is 1. The van der Waals surface area contributed by atoms with Crippen LogP contribution in [-0.4, -0.2) is 97.7 Å². The average molecular weight is 1150 g/mol. The summed E-state index contributed by atoms with van der Waals surface area (Å²) in [5.74, 6) is -0.755. The number of alkyl halides is 3. The van der Waals surface area contributed by atoms with Crippen LogP contribution in [0.5, 0.6) is 0 Å². The van der Waals surface area contributed by atoms with E-state index >= 15 is 0 Å². The Morgan fingerprint density at radius 3 is 2.20 bits per heavy atom. The van der Waals surface area contributed by atoms with E-state index in [4.69, 9.17) is 19.9 Å². The maximum Gasteiger partial charge on any atom is 0.416 e. The molecule has 0 bridgehead atoms. The molecule has 0 spiro atoms. The van der Waals surface area contributed by atoms with Crippen molar-refractivity contribution < 1.29 is 60.5 Å². The van der Waals surface area contributed by atoms with Gasteiger partial charge in [-0.25, -0.2) is 4.39 Å². The van der Waals surface area contributed by atoms with Crippen LogP contribution in [0, 0.1) is 83.8 Å². The van der Waals surface area contributed by atoms with Gasteiger partial charge < -0.3 is 29.7 Å². The molecule has 16 heteroatoms. The number of carbonyl (C=O) groups excluding carboxylic acids is 6. The van der Waals surface area contributed by atoms with E-state index in [-0.39, 0.29) is 101 Å². The summed E-state index contributed by atoms with van der Waals surface area (Å²) in [6.45, 7) is 17.9. The van der Waals surface area contributed by atoms with Crippen molar-refractivity contribution in [3.05, 3.63) is 70.0 Å². The van der Waals surface area contributed by atoms with Crippen molar-refractivity contribution >= 4 is 35.3 Å². The van der Waals surface area contributed by atoms with E-state index in [0.717, 1.165) is 61.0 Å². The first-order chi connectivity index (χ1) is 38.7. The van der Waals surface area contributed by atoms with Gasteiger partial charge in [-0.1, -0.05) is 71.6 Å². The summed E-state index contributed by atoms with van der Waals surface area (Å²) in [4.78, 5) is 82.6. The van der Waals surface area contributed by atoms with Gasteiger partial charge in [0.2, 0.25) is 17.6 Å². The van der Waals surface area contributed by atoms with Crippen molar-refractivity contribution in [2.45, 2.75) is 195 Å². The highest BCUT2D eigenvalue weighted by atomic mass is 19.4. The SMILES string of the molecule is Cc1cc([C@H](C)N(C)C(=O)[C@H]2CCN(C(=O)C(=O)CCCOCCOCCC(=O)C[C@@H](CC(=O)O[C@H]3CC[C@@]4(C)[C@@H](CC[C@@H]5[C@@H]4CC[C@]4(C)[C@@H]([C@H](C)CCCC(C)C)CC[C@@H]54)C3)C(N)=O)C[C@@H]2c2ccc(F)cc2C)cc(C(F)(F)F)c1. The Kier molecular flexibility index (Phi) is 22.1. The Bertz CT molecular complexity index is 2570. The molecule has 456 valence electrons. The van der Waals surface area contributed by atoms with Gasteiger partial charge in [0.25, 0.3) is 5.91 Å². The summed E-state index contributed by atoms with van der Waals surface area (Å²) in [7, 11) is 1.53. The minimum Gasteiger partial charge on any atom is -0.462 e. The van der Waals surface area contributed by atoms with Crippen LogP contribution in [0.25, 0.3) is 0 Å². The number of aryl methyl sites for hydroxylation is 2. The number of ketones is 2. The molecule has 5 aliphatic rings. The molecule has 1 saturated heterocycles. The molecular formula is C66H95F4N3O9. The van der Waals surface area contributed by atoms with Gasteiger partial charge in [-0.3, -0.25) is 28.8 Å². The van der Waals surface area contributed by atoms with Crippen LogP contribution in [-0.2, 0) is 49.2 Å². The van der Waals surface area contributed by atoms with Gasteiger partial charge in [-0.05, 0) is 185 Å². The zero-order valence-corrected chi connectivity index (χ0v) is 50.5. The first-order valence-corrected chi connectivity index (χ1v) is 30.9. The van der Waals surface area contributed by atoms with Crippen molar-refractivity contribution in [3.8, 4) is 0 Å². The molecule has 0 unspecified atom stereocenters. The summed E-state index contributed by atoms with van der Waals surface area (Å²) >= 11 is 0. The number of hydrogen-bond donors (Lipinski definition) is 1. The lowest BCUT2D eigenvalue weighted by Crippen LogP contribution is -2.54. The fourth-order valence-electron chi connectivity index (χ4n) is 16.3. The van der Waals surface area contributed by atoms with E-state index in [1.165, 1.54) is 86.8 Å². The predicted molar refractivity (Wildman–Crippen MR) is 306 cm³/mol. The molecule has 4 saturated carbocycles. The molecule has 4 aliphatic carbocycles. The molecule has 2 aromatic carbocycles. The maximum atomic E-state index is 14.3. The van der Waals surface area contributed by atoms with Crippen LogP contribution >= 0.6 is 0 Å². The number of fused-ring (bicyclic) bond motifs is 5. The van der Waals surface area contributed by atoms with Crippen LogP contribution in [0.2, 0.25) is 0 Å². The van der Waals surface area contributed by atoms with Crippen LogP contribution in [0.15, 0.2) is 36.4 Å². The minimum absolute atomic E-state index is 0.00439. The molecule has 12 nitrogen and oxygen atoms in total. The highest BCUT2D eigenvalue weighted by molar-refractivity contribution is 6.36. The number of rotatable bonds is 26. The van der Waals surface area contributed by atoms with Crippen molar-refractivity contribution in [3.63, 3.8) is 0 Å². The second-order valence-electron chi connectivity index (χ2n) is 26.6. The predicted octanol–water partition coefficient (Wildman–Crippen LogP) is 12.9. The average Bonchev–Trinajstić information content (AvgIpc) is 3.30. The molecule has 2 N–H and O–H groups in total. The van der Waals surface area contributed by atoms with Gasteiger partial charge in [0.15, 0.2) is 0 Å². The quantitative estimate of drug-likeness (QED) is 0.0418. The third-order valence-corrected chi connectivity index (χ3v) is 20.9. The minimum atomic E-state index is -4.57. The largest absolute Gasteiger partial charge is 0.462 e. The number of esters is 1. The van der Waals surface area contributed by atoms with E-state index in [1.54, 1.807) is 32.9 Å². The molecule has 82 heavy (non-hydrogen) atoms. The second-order valence-corrected chi connectivity index (χ2v) is 26.6. The number of ether oxygens (including phenoxy) is 3. The van der Waals surface area contributed by atoms with Gasteiger partial charge in [0, 0.05) is 57.8 Å². The first-order valence-electron chi connectivity index (χ1n) is 30.9. The number of benzene rings is 2. The van der Waals surface area contributed by atoms with E-state index in [9.17, 15) is 46.3 Å². The highest BCUT2D eigenvalue weighted by Gasteiger charge is 2.61. The number of likely N-dealkylation sites (tertiary alicyclic amines) is 1. The Morgan fingerprint density at radius 2 is 1.50 bits per heavy atom. The zero-order chi connectivity index (χ0) is 59.8. The second kappa shape index (κ2) is 28.0. The Labute approximate surface area is 485 Å². The molecule has 7 rings (SSSR count). The third-order valence-electron chi connectivity index (χ3n) is 20.9. The van der Waals surface area contributed by atoms with E-state index in [0.29, 0.717) is 39.5 Å². The molecule has 13 atom stereocenters. The zero-order valence-electron chi connectivity index (χ0n) is 50.5. The van der Waals surface area contributed by atoms with Gasteiger partial charge in [0.1, 0.15) is 17.7 Å². The van der Waals surface area contributed by atoms with Gasteiger partial charge in [-0.2, -0.15) is 13.2 Å². The lowest BCUT2D eigenvalue weighted by Gasteiger charge is -2.61. The fraction of sp³-hybridized carbons (Fsp3) is 0.727. The molecule has 2 aromatic rings. The summed E-state index contributed by atoms with van der Waals surface area (Å²) in [6.07, 6.45) is 9.64. The Hall–Kier alpha value is -4.70. The molecule has 5 fully saturated rings. The number of nitrogens with zero attached hydrogens (tertiary/aromatic N) is 2. The lowest BCUT2D eigenvalue weighted by atomic mass is 9.44. The third kappa shape index (κ3) is 15.6. The van der Waals surface area contributed by atoms with Crippen molar-refractivity contribution in [2.24, 2.45) is 69.8 Å². The van der Waals surface area contributed by atoms with Gasteiger partial charge >= 0.3 is 12.1 Å². The number of halogens is 4. The van der Waals surface area contributed by atoms with Crippen molar-refractivity contribution in [2.75, 3.05) is 46.6 Å². The monoisotopic (exact) mass is 1150 g/mol. The highest BCUT2D eigenvalue weighted by Crippen LogP contribution is 2.68. The van der Waals surface area contributed by atoms with Crippen molar-refractivity contribution in [1.82, 2.24) is 9.80 Å². The number of primary amides is 1. The summed E-state index contributed by atoms with van der Waals surface area (Å²) in [6, 6.07) is 7.17. The number of Topliss-reactive ketones (excluding diaryl/α,β-unsaturated/α-hetero) is 2. The number of piperidine rings is 1. The van der Waals surface area contributed by atoms with Crippen LogP contribution in [0.1, 0.15) is 197 Å². The smallest absolute Gasteiger partial charge is 0.416 e. The lowest BCUT2D eigenvalue weighted by molar-refractivity contribution is -0.164. The van der Waals surface area contributed by atoms with Gasteiger partial charge in [-0.15, -0.1) is 0 Å². The molecule has 1 aliphatic heterocycles. The normalized spacial score (nSPS) is 28.3. The number of carbonyl (C=O) groups is 6. The molecule has 0 aromatic heterocycles. The molecule has 3 amide bonds. The van der Waals surface area contributed by atoms with Crippen LogP contribution in [0.3, 0.4) is 0 Å². The molecule has 0 radical (unpaired) electrons. The van der Waals surface area contributed by atoms with Crippen LogP contribution in [0.4, 0.5) is 17.6 Å². The summed E-state index contributed by atoms with van der Waals surface area (Å²) in [5.41, 5.74) is 7.50. The Balaban J connectivity index is 0.783. The maximum absolute atomic E-state index is 14.3. The Morgan fingerprint density at radius 1 is 0.793 bits per heavy atom. The standard InChI is InChI=1S/C66H95F4N3O9/c1-40(2)12-10-13-42(4)56-19-20-57-54-17-15-47-38-51(21-25-64(47,7)58(54)22-26-65(56,57)8)82-60(76)37-46(61(71)77)36-50(74)24-29-81-31-30-80-28-11-14-59(75)63(79)73-27-23-53(55(39-73)52-18-16-49(67)34-43(52)5)62(78)72(9)44(6)45-32-41(3)33-48(35-45)66(68,69)70/h16,18,32-35,40,42,44,46-47,51,53-58H,10-15,17,19-31,36-39H2,1-9H3,(H2,71,77)/t42-,44+,46+,47+,51+,53+,54+,55-,56-,57+,58+,64+,65-/m1/s1.